The number of hydrogen-bond acceptors (Lipinski definition) is 4. The third-order valence-electron chi connectivity index (χ3n) is 4.82. The molecule has 0 heterocycles. The molecule has 0 aliphatic carbocycles. The minimum absolute atomic E-state index is 0.0556. The van der Waals surface area contributed by atoms with Crippen LogP contribution in [0.2, 0.25) is 0 Å². The van der Waals surface area contributed by atoms with Crippen LogP contribution in [0.3, 0.4) is 0 Å². The molecule has 0 amide bonds. The lowest BCUT2D eigenvalue weighted by molar-refractivity contribution is -0.928. The number of aliphatic hydroxyl groups excluding tert-OH is 3. The van der Waals surface area contributed by atoms with Gasteiger partial charge in [0.05, 0.1) is 13.2 Å². The second kappa shape index (κ2) is 16.3. The fraction of sp³-hybridized carbons (Fsp3) is 1.00. The molecule has 0 rings (SSSR count). The summed E-state index contributed by atoms with van der Waals surface area (Å²) in [7, 11) is 0. The third kappa shape index (κ3) is 12.2. The Morgan fingerprint density at radius 2 is 1.08 bits per heavy atom. The molecule has 0 aliphatic rings. The molecule has 24 heavy (non-hydrogen) atoms. The topological polar surface area (TPSA) is 83.8 Å². The van der Waals surface area contributed by atoms with Crippen LogP contribution in [0.25, 0.3) is 0 Å². The van der Waals surface area contributed by atoms with Crippen molar-refractivity contribution in [1.29, 1.82) is 0 Å². The quantitative estimate of drug-likeness (QED) is 0.153. The van der Waals surface area contributed by atoms with E-state index in [1.807, 2.05) is 0 Å². The summed E-state index contributed by atoms with van der Waals surface area (Å²) >= 11 is 0. The van der Waals surface area contributed by atoms with E-state index < -0.39 is 10.9 Å². The summed E-state index contributed by atoms with van der Waals surface area (Å²) in [5.74, 6) is 0. The lowest BCUT2D eigenvalue weighted by Crippen LogP contribution is -2.53. The van der Waals surface area contributed by atoms with Crippen molar-refractivity contribution in [3.05, 3.63) is 5.21 Å². The van der Waals surface area contributed by atoms with Gasteiger partial charge in [-0.05, 0) is 6.42 Å². The van der Waals surface area contributed by atoms with Crippen molar-refractivity contribution in [2.45, 2.75) is 96.6 Å². The van der Waals surface area contributed by atoms with E-state index in [-0.39, 0.29) is 26.3 Å². The standard InChI is InChI=1S/C19H41NO4/c1-2-3-4-5-6-7-8-9-10-11-12-13-14-19(23)20(24,15-17-21)16-18-22/h19,21-23H,2-18H2,1H3. The predicted octanol–water partition coefficient (Wildman–Crippen LogP) is 3.70. The average molecular weight is 348 g/mol. The molecule has 3 N–H and O–H groups in total. The second-order valence-corrected chi connectivity index (χ2v) is 7.01. The van der Waals surface area contributed by atoms with Gasteiger partial charge in [0.25, 0.3) is 0 Å². The Kier molecular flexibility index (Phi) is 16.1. The number of hydrogen-bond donors (Lipinski definition) is 3. The van der Waals surface area contributed by atoms with Gasteiger partial charge in [0.2, 0.25) is 0 Å². The van der Waals surface area contributed by atoms with E-state index >= 15 is 0 Å². The van der Waals surface area contributed by atoms with Crippen LogP contribution < -0.4 is 0 Å². The fourth-order valence-corrected chi connectivity index (χ4v) is 3.15. The molecule has 0 saturated heterocycles. The molecule has 0 fully saturated rings. The largest absolute Gasteiger partial charge is 0.631 e. The van der Waals surface area contributed by atoms with Crippen LogP contribution >= 0.6 is 0 Å². The number of hydroxylamine groups is 3. The van der Waals surface area contributed by atoms with Gasteiger partial charge in [0.1, 0.15) is 13.1 Å². The Morgan fingerprint density at radius 3 is 1.46 bits per heavy atom. The molecule has 0 bridgehead atoms. The fourth-order valence-electron chi connectivity index (χ4n) is 3.15. The Hall–Kier alpha value is -0.200. The van der Waals surface area contributed by atoms with Gasteiger partial charge in [-0.2, -0.15) is 0 Å². The molecule has 1 unspecified atom stereocenters. The van der Waals surface area contributed by atoms with E-state index in [1.54, 1.807) is 0 Å². The maximum atomic E-state index is 12.3. The summed E-state index contributed by atoms with van der Waals surface area (Å²) in [5, 5.41) is 40.2. The van der Waals surface area contributed by atoms with Gasteiger partial charge in [0.15, 0.2) is 6.23 Å². The first kappa shape index (κ1) is 23.8. The minimum atomic E-state index is -1.03. The lowest BCUT2D eigenvalue weighted by Gasteiger charge is -2.45. The zero-order chi connectivity index (χ0) is 18.1. The SMILES string of the molecule is CCCCCCCCCCCCCCC(O)[N+]([O-])(CCO)CCO. The lowest BCUT2D eigenvalue weighted by atomic mass is 10.0. The normalized spacial score (nSPS) is 13.4. The van der Waals surface area contributed by atoms with Crippen molar-refractivity contribution >= 4 is 0 Å². The Morgan fingerprint density at radius 1 is 0.708 bits per heavy atom. The third-order valence-corrected chi connectivity index (χ3v) is 4.82. The molecule has 5 nitrogen and oxygen atoms in total. The van der Waals surface area contributed by atoms with Gasteiger partial charge in [-0.15, -0.1) is 0 Å². The molecular formula is C19H41NO4. The number of aliphatic hydroxyl groups is 3. The highest BCUT2D eigenvalue weighted by molar-refractivity contribution is 4.53. The van der Waals surface area contributed by atoms with Crippen molar-refractivity contribution in [2.24, 2.45) is 0 Å². The second-order valence-electron chi connectivity index (χ2n) is 7.01. The molecule has 146 valence electrons. The number of rotatable bonds is 18. The van der Waals surface area contributed by atoms with Crippen LogP contribution in [-0.2, 0) is 0 Å². The smallest absolute Gasteiger partial charge is 0.190 e. The summed E-state index contributed by atoms with van der Waals surface area (Å²) in [4.78, 5) is 0. The highest BCUT2D eigenvalue weighted by Gasteiger charge is 2.25. The van der Waals surface area contributed by atoms with Gasteiger partial charge in [-0.25, -0.2) is 0 Å². The zero-order valence-corrected chi connectivity index (χ0v) is 15.8. The van der Waals surface area contributed by atoms with E-state index in [0.29, 0.717) is 6.42 Å². The van der Waals surface area contributed by atoms with Crippen molar-refractivity contribution in [3.8, 4) is 0 Å². The number of unbranched alkanes of at least 4 members (excludes halogenated alkanes) is 11. The van der Waals surface area contributed by atoms with Crippen molar-refractivity contribution in [1.82, 2.24) is 0 Å². The van der Waals surface area contributed by atoms with Crippen molar-refractivity contribution in [2.75, 3.05) is 26.3 Å². The molecule has 5 heteroatoms. The Balaban J connectivity index is 3.51. The summed E-state index contributed by atoms with van der Waals surface area (Å²) < 4.78 is -0.898. The van der Waals surface area contributed by atoms with E-state index in [2.05, 4.69) is 6.92 Å². The van der Waals surface area contributed by atoms with Crippen LogP contribution in [0.4, 0.5) is 0 Å². The highest BCUT2D eigenvalue weighted by Crippen LogP contribution is 2.17. The van der Waals surface area contributed by atoms with Gasteiger partial charge in [0, 0.05) is 6.42 Å². The monoisotopic (exact) mass is 347 g/mol. The van der Waals surface area contributed by atoms with Crippen LogP contribution in [0, 0.1) is 5.21 Å². The molecule has 0 aromatic rings. The first-order valence-electron chi connectivity index (χ1n) is 10.1. The maximum absolute atomic E-state index is 12.3. The summed E-state index contributed by atoms with van der Waals surface area (Å²) in [6, 6.07) is 0. The molecule has 1 atom stereocenters. The molecular weight excluding hydrogens is 306 g/mol. The molecule has 0 spiro atoms. The molecule has 0 aromatic heterocycles. The van der Waals surface area contributed by atoms with Gasteiger partial charge >= 0.3 is 0 Å². The first-order valence-corrected chi connectivity index (χ1v) is 10.1. The van der Waals surface area contributed by atoms with E-state index in [1.165, 1.54) is 57.8 Å². The molecule has 0 aromatic carbocycles. The van der Waals surface area contributed by atoms with Crippen LogP contribution in [0.1, 0.15) is 90.4 Å². The minimum Gasteiger partial charge on any atom is -0.631 e. The van der Waals surface area contributed by atoms with E-state index in [9.17, 15) is 10.3 Å². The zero-order valence-electron chi connectivity index (χ0n) is 15.8. The maximum Gasteiger partial charge on any atom is 0.190 e. The molecule has 0 aliphatic heterocycles. The van der Waals surface area contributed by atoms with Crippen LogP contribution in [0.5, 0.6) is 0 Å². The van der Waals surface area contributed by atoms with Gasteiger partial charge in [-0.3, -0.25) is 0 Å². The Labute approximate surface area is 148 Å². The average Bonchev–Trinajstić information content (AvgIpc) is 2.56. The van der Waals surface area contributed by atoms with Gasteiger partial charge in [-0.1, -0.05) is 77.6 Å². The van der Waals surface area contributed by atoms with Crippen molar-refractivity contribution < 1.29 is 20.0 Å². The van der Waals surface area contributed by atoms with Crippen molar-refractivity contribution in [3.63, 3.8) is 0 Å². The number of nitrogens with zero attached hydrogens (tertiary/aromatic N) is 1. The summed E-state index contributed by atoms with van der Waals surface area (Å²) in [6.45, 7) is 1.60. The van der Waals surface area contributed by atoms with Gasteiger partial charge < -0.3 is 25.2 Å². The first-order chi connectivity index (χ1) is 11.6. The van der Waals surface area contributed by atoms with Crippen LogP contribution in [0.15, 0.2) is 0 Å². The predicted molar refractivity (Wildman–Crippen MR) is 99.2 cm³/mol. The van der Waals surface area contributed by atoms with E-state index in [4.69, 9.17) is 10.2 Å². The van der Waals surface area contributed by atoms with E-state index in [0.717, 1.165) is 19.3 Å². The highest BCUT2D eigenvalue weighted by atomic mass is 16.6. The number of quaternary nitrogens is 1. The Bertz CT molecular complexity index is 258. The van der Waals surface area contributed by atoms with Crippen LogP contribution in [-0.4, -0.2) is 52.5 Å². The molecule has 0 saturated carbocycles. The summed E-state index contributed by atoms with van der Waals surface area (Å²) in [6.07, 6.45) is 14.4. The summed E-state index contributed by atoms with van der Waals surface area (Å²) in [5.41, 5.74) is 0. The molecule has 0 radical (unpaired) electrons.